The summed E-state index contributed by atoms with van der Waals surface area (Å²) in [5.41, 5.74) is 1.60. The Morgan fingerprint density at radius 2 is 1.80 bits per heavy atom. The summed E-state index contributed by atoms with van der Waals surface area (Å²) in [5, 5.41) is 4.09. The summed E-state index contributed by atoms with van der Waals surface area (Å²) in [6.07, 6.45) is 0. The number of alkyl halides is 2. The highest BCUT2D eigenvalue weighted by Gasteiger charge is 2.09. The first kappa shape index (κ1) is 15.4. The number of para-hydroxylation sites is 1. The average Bonchev–Trinajstić information content (AvgIpc) is 2.41. The van der Waals surface area contributed by atoms with Crippen LogP contribution in [0.3, 0.4) is 0 Å². The highest BCUT2D eigenvalue weighted by atomic mass is 35.5. The number of halogens is 4. The second-order valence-electron chi connectivity index (χ2n) is 3.98. The van der Waals surface area contributed by atoms with Crippen LogP contribution in [0.2, 0.25) is 10.0 Å². The quantitative estimate of drug-likeness (QED) is 0.681. The molecule has 0 aliphatic heterocycles. The zero-order chi connectivity index (χ0) is 14.5. The van der Waals surface area contributed by atoms with Crippen LogP contribution in [0.5, 0.6) is 0 Å². The van der Waals surface area contributed by atoms with E-state index in [9.17, 15) is 8.78 Å². The molecule has 0 atom stereocenters. The van der Waals surface area contributed by atoms with E-state index in [4.69, 9.17) is 23.2 Å². The summed E-state index contributed by atoms with van der Waals surface area (Å²) in [6.45, 7) is 0.484. The molecule has 2 aromatic carbocycles. The van der Waals surface area contributed by atoms with E-state index in [1.807, 2.05) is 6.07 Å². The Hall–Kier alpha value is -0.970. The van der Waals surface area contributed by atoms with Crippen LogP contribution < -0.4 is 5.32 Å². The van der Waals surface area contributed by atoms with Gasteiger partial charge >= 0.3 is 0 Å². The number of benzene rings is 2. The van der Waals surface area contributed by atoms with E-state index in [-0.39, 0.29) is 0 Å². The molecular formula is C14H11Cl2F2NS. The first-order valence-electron chi connectivity index (χ1n) is 5.78. The molecule has 0 spiro atoms. The monoisotopic (exact) mass is 333 g/mol. The third-order valence-electron chi connectivity index (χ3n) is 2.57. The second-order valence-corrected chi connectivity index (χ2v) is 5.82. The molecule has 1 nitrogen and oxygen atoms in total. The van der Waals surface area contributed by atoms with Crippen LogP contribution in [0, 0.1) is 0 Å². The summed E-state index contributed by atoms with van der Waals surface area (Å²) in [4.78, 5) is 0.516. The average molecular weight is 334 g/mol. The highest BCUT2D eigenvalue weighted by molar-refractivity contribution is 7.99. The lowest BCUT2D eigenvalue weighted by molar-refractivity contribution is 0.252. The van der Waals surface area contributed by atoms with Crippen molar-refractivity contribution in [3.63, 3.8) is 0 Å². The van der Waals surface area contributed by atoms with Crippen LogP contribution in [0.1, 0.15) is 5.56 Å². The van der Waals surface area contributed by atoms with Crippen LogP contribution in [0.15, 0.2) is 47.4 Å². The van der Waals surface area contributed by atoms with Crippen LogP contribution in [0.4, 0.5) is 14.5 Å². The Morgan fingerprint density at radius 3 is 2.50 bits per heavy atom. The zero-order valence-corrected chi connectivity index (χ0v) is 12.6. The summed E-state index contributed by atoms with van der Waals surface area (Å²) >= 11 is 12.3. The fourth-order valence-corrected chi connectivity index (χ4v) is 2.60. The second kappa shape index (κ2) is 7.16. The molecule has 0 amide bonds. The normalized spacial score (nSPS) is 10.8. The van der Waals surface area contributed by atoms with Gasteiger partial charge < -0.3 is 5.32 Å². The fraction of sp³-hybridized carbons (Fsp3) is 0.143. The molecule has 106 valence electrons. The van der Waals surface area contributed by atoms with Crippen LogP contribution in [0.25, 0.3) is 0 Å². The van der Waals surface area contributed by atoms with Gasteiger partial charge in [-0.1, -0.05) is 53.2 Å². The van der Waals surface area contributed by atoms with Crippen molar-refractivity contribution in [1.29, 1.82) is 0 Å². The van der Waals surface area contributed by atoms with Gasteiger partial charge in [-0.05, 0) is 29.8 Å². The third kappa shape index (κ3) is 4.27. The Labute approximate surface area is 130 Å². The molecule has 0 saturated carbocycles. The van der Waals surface area contributed by atoms with Gasteiger partial charge in [-0.25, -0.2) is 0 Å². The van der Waals surface area contributed by atoms with Crippen molar-refractivity contribution in [2.24, 2.45) is 0 Å². The van der Waals surface area contributed by atoms with E-state index in [0.717, 1.165) is 5.56 Å². The van der Waals surface area contributed by atoms with Gasteiger partial charge in [0.05, 0.1) is 10.0 Å². The van der Waals surface area contributed by atoms with E-state index in [1.54, 1.807) is 36.4 Å². The minimum Gasteiger partial charge on any atom is -0.380 e. The third-order valence-corrected chi connectivity index (χ3v) is 4.10. The number of hydrogen-bond donors (Lipinski definition) is 1. The number of thioether (sulfide) groups is 1. The van der Waals surface area contributed by atoms with Crippen molar-refractivity contribution in [2.45, 2.75) is 17.2 Å². The molecular weight excluding hydrogens is 323 g/mol. The predicted molar refractivity (Wildman–Crippen MR) is 82.1 cm³/mol. The largest absolute Gasteiger partial charge is 0.380 e. The first-order valence-corrected chi connectivity index (χ1v) is 7.41. The number of nitrogens with one attached hydrogen (secondary N) is 1. The maximum absolute atomic E-state index is 12.5. The van der Waals surface area contributed by atoms with E-state index in [1.165, 1.54) is 0 Å². The number of anilines is 1. The van der Waals surface area contributed by atoms with Crippen LogP contribution in [-0.4, -0.2) is 5.76 Å². The van der Waals surface area contributed by atoms with E-state index < -0.39 is 5.76 Å². The zero-order valence-electron chi connectivity index (χ0n) is 10.2. The molecule has 2 rings (SSSR count). The highest BCUT2D eigenvalue weighted by Crippen LogP contribution is 2.32. The van der Waals surface area contributed by atoms with E-state index in [0.29, 0.717) is 38.9 Å². The summed E-state index contributed by atoms with van der Waals surface area (Å²) in [6, 6.07) is 12.3. The van der Waals surface area contributed by atoms with Crippen LogP contribution in [-0.2, 0) is 6.54 Å². The van der Waals surface area contributed by atoms with Gasteiger partial charge in [0.2, 0.25) is 0 Å². The Balaban J connectivity index is 2.08. The minimum absolute atomic E-state index is 0.473. The van der Waals surface area contributed by atoms with E-state index >= 15 is 0 Å². The van der Waals surface area contributed by atoms with Gasteiger partial charge in [-0.3, -0.25) is 0 Å². The maximum atomic E-state index is 12.5. The lowest BCUT2D eigenvalue weighted by Crippen LogP contribution is -2.01. The summed E-state index contributed by atoms with van der Waals surface area (Å²) in [7, 11) is 0. The topological polar surface area (TPSA) is 12.0 Å². The lowest BCUT2D eigenvalue weighted by Gasteiger charge is -2.11. The molecule has 0 heterocycles. The standard InChI is InChI=1S/C14H11Cl2F2NS/c15-10-6-5-9(7-11(10)16)8-19-12-3-1-2-4-13(12)20-14(17)18/h1-7,14,19H,8H2. The number of rotatable bonds is 5. The first-order chi connectivity index (χ1) is 9.56. The minimum atomic E-state index is -2.44. The molecule has 0 aromatic heterocycles. The number of hydrogen-bond acceptors (Lipinski definition) is 2. The molecule has 0 aliphatic rings. The van der Waals surface area contributed by atoms with Crippen molar-refractivity contribution >= 4 is 40.7 Å². The molecule has 0 unspecified atom stereocenters. The van der Waals surface area contributed by atoms with Crippen molar-refractivity contribution in [1.82, 2.24) is 0 Å². The van der Waals surface area contributed by atoms with Gasteiger partial charge in [0.15, 0.2) is 0 Å². The van der Waals surface area contributed by atoms with E-state index in [2.05, 4.69) is 5.32 Å². The van der Waals surface area contributed by atoms with Gasteiger partial charge in [0.25, 0.3) is 5.76 Å². The summed E-state index contributed by atoms with van der Waals surface area (Å²) in [5.74, 6) is -2.44. The molecule has 0 bridgehead atoms. The molecule has 20 heavy (non-hydrogen) atoms. The van der Waals surface area contributed by atoms with Crippen molar-refractivity contribution in [3.8, 4) is 0 Å². The van der Waals surface area contributed by atoms with Gasteiger partial charge in [0, 0.05) is 17.1 Å². The molecule has 2 aromatic rings. The molecule has 0 saturated heterocycles. The molecule has 0 aliphatic carbocycles. The molecule has 1 N–H and O–H groups in total. The maximum Gasteiger partial charge on any atom is 0.288 e. The SMILES string of the molecule is FC(F)Sc1ccccc1NCc1ccc(Cl)c(Cl)c1. The lowest BCUT2D eigenvalue weighted by atomic mass is 10.2. The Morgan fingerprint density at radius 1 is 1.05 bits per heavy atom. The summed E-state index contributed by atoms with van der Waals surface area (Å²) < 4.78 is 24.9. The van der Waals surface area contributed by atoms with Crippen molar-refractivity contribution < 1.29 is 8.78 Å². The molecule has 0 radical (unpaired) electrons. The van der Waals surface area contributed by atoms with Gasteiger partial charge in [0.1, 0.15) is 0 Å². The fourth-order valence-electron chi connectivity index (χ4n) is 1.66. The smallest absolute Gasteiger partial charge is 0.288 e. The Bertz CT molecular complexity index is 593. The van der Waals surface area contributed by atoms with Crippen molar-refractivity contribution in [2.75, 3.05) is 5.32 Å². The van der Waals surface area contributed by atoms with Gasteiger partial charge in [-0.15, -0.1) is 0 Å². The Kier molecular flexibility index (Phi) is 5.52. The van der Waals surface area contributed by atoms with Crippen LogP contribution >= 0.6 is 35.0 Å². The van der Waals surface area contributed by atoms with Crippen molar-refractivity contribution in [3.05, 3.63) is 58.1 Å². The predicted octanol–water partition coefficient (Wildman–Crippen LogP) is 5.92. The van der Waals surface area contributed by atoms with Gasteiger partial charge in [-0.2, -0.15) is 8.78 Å². The molecule has 0 fully saturated rings. The molecule has 6 heteroatoms.